The molecule has 1 aliphatic carbocycles. The highest BCUT2D eigenvalue weighted by Gasteiger charge is 2.29. The molecule has 0 saturated heterocycles. The first-order chi connectivity index (χ1) is 6.68. The third kappa shape index (κ3) is 1.59. The average Bonchev–Trinajstić information content (AvgIpc) is 2.28. The van der Waals surface area contributed by atoms with Crippen molar-refractivity contribution in [3.8, 4) is 0 Å². The van der Waals surface area contributed by atoms with E-state index in [1.165, 1.54) is 30.2 Å². The molecule has 2 rings (SSSR count). The van der Waals surface area contributed by atoms with Crippen LogP contribution >= 0.6 is 0 Å². The van der Waals surface area contributed by atoms with Crippen LogP contribution in [-0.2, 0) is 9.59 Å². The first-order valence-electron chi connectivity index (χ1n) is 5.22. The lowest BCUT2D eigenvalue weighted by Crippen LogP contribution is -2.33. The van der Waals surface area contributed by atoms with Crippen LogP contribution in [0, 0.1) is 5.92 Å². The van der Waals surface area contributed by atoms with Gasteiger partial charge in [0.1, 0.15) is 0 Å². The highest BCUT2D eigenvalue weighted by molar-refractivity contribution is 6.15. The second kappa shape index (κ2) is 3.56. The van der Waals surface area contributed by atoms with Crippen LogP contribution in [0.2, 0.25) is 0 Å². The fourth-order valence-corrected chi connectivity index (χ4v) is 1.94. The molecule has 2 aliphatic rings. The molecule has 0 atom stereocenters. The van der Waals surface area contributed by atoms with Crippen molar-refractivity contribution in [2.24, 2.45) is 5.92 Å². The molecule has 76 valence electrons. The van der Waals surface area contributed by atoms with Crippen LogP contribution in [0.3, 0.4) is 0 Å². The lowest BCUT2D eigenvalue weighted by Gasteiger charge is -2.27. The first-order valence-corrected chi connectivity index (χ1v) is 5.22. The maximum Gasteiger partial charge on any atom is 0.256 e. The Hall–Kier alpha value is -1.12. The molecule has 0 aromatic carbocycles. The van der Waals surface area contributed by atoms with Crippen LogP contribution < -0.4 is 0 Å². The molecule has 0 N–H and O–H groups in total. The van der Waals surface area contributed by atoms with Gasteiger partial charge in [0.15, 0.2) is 0 Å². The molecule has 0 radical (unpaired) electrons. The van der Waals surface area contributed by atoms with Gasteiger partial charge in [0.2, 0.25) is 0 Å². The van der Waals surface area contributed by atoms with E-state index in [9.17, 15) is 9.59 Å². The molecular weight excluding hydrogens is 178 g/mol. The molecule has 0 aromatic rings. The van der Waals surface area contributed by atoms with Crippen molar-refractivity contribution in [2.45, 2.75) is 32.6 Å². The predicted octanol–water partition coefficient (Wildman–Crippen LogP) is 1.49. The highest BCUT2D eigenvalue weighted by Crippen LogP contribution is 2.29. The van der Waals surface area contributed by atoms with Crippen molar-refractivity contribution in [3.63, 3.8) is 0 Å². The van der Waals surface area contributed by atoms with Gasteiger partial charge >= 0.3 is 0 Å². The van der Waals surface area contributed by atoms with Gasteiger partial charge in [0.25, 0.3) is 11.8 Å². The summed E-state index contributed by atoms with van der Waals surface area (Å²) in [6.45, 7) is 2.31. The van der Waals surface area contributed by atoms with Crippen LogP contribution in [0.15, 0.2) is 11.6 Å². The standard InChI is InChI=1S/C11H15NO2/c1-8-7-10(13)12(11(8)14)6-5-9-3-2-4-9/h7,9H,2-6H2,1H3. The molecule has 1 fully saturated rings. The third-order valence-corrected chi connectivity index (χ3v) is 3.17. The summed E-state index contributed by atoms with van der Waals surface area (Å²) in [7, 11) is 0. The normalized spacial score (nSPS) is 22.6. The molecule has 3 nitrogen and oxygen atoms in total. The minimum atomic E-state index is -0.133. The van der Waals surface area contributed by atoms with Crippen molar-refractivity contribution in [2.75, 3.05) is 6.54 Å². The topological polar surface area (TPSA) is 37.4 Å². The van der Waals surface area contributed by atoms with Crippen LogP contribution in [0.5, 0.6) is 0 Å². The minimum Gasteiger partial charge on any atom is -0.275 e. The summed E-state index contributed by atoms with van der Waals surface area (Å²) >= 11 is 0. The Balaban J connectivity index is 1.86. The zero-order valence-corrected chi connectivity index (χ0v) is 8.45. The second-order valence-corrected chi connectivity index (χ2v) is 4.21. The number of carbonyl (C=O) groups is 2. The minimum absolute atomic E-state index is 0.102. The van der Waals surface area contributed by atoms with Crippen molar-refractivity contribution < 1.29 is 9.59 Å². The van der Waals surface area contributed by atoms with Gasteiger partial charge in [-0.2, -0.15) is 0 Å². The summed E-state index contributed by atoms with van der Waals surface area (Å²) in [5, 5.41) is 0. The fraction of sp³-hybridized carbons (Fsp3) is 0.636. The van der Waals surface area contributed by atoms with Gasteiger partial charge in [0, 0.05) is 18.2 Å². The monoisotopic (exact) mass is 193 g/mol. The van der Waals surface area contributed by atoms with Gasteiger partial charge in [-0.25, -0.2) is 0 Å². The van der Waals surface area contributed by atoms with Crippen molar-refractivity contribution in [3.05, 3.63) is 11.6 Å². The number of nitrogens with zero attached hydrogens (tertiary/aromatic N) is 1. The summed E-state index contributed by atoms with van der Waals surface area (Å²) in [5.41, 5.74) is 0.573. The van der Waals surface area contributed by atoms with Gasteiger partial charge in [-0.3, -0.25) is 14.5 Å². The lowest BCUT2D eigenvalue weighted by molar-refractivity contribution is -0.137. The largest absolute Gasteiger partial charge is 0.275 e. The Morgan fingerprint density at radius 3 is 2.57 bits per heavy atom. The highest BCUT2D eigenvalue weighted by atomic mass is 16.2. The van der Waals surface area contributed by atoms with Gasteiger partial charge in [-0.15, -0.1) is 0 Å². The molecule has 0 spiro atoms. The number of hydrogen-bond acceptors (Lipinski definition) is 2. The molecule has 2 amide bonds. The molecule has 1 aliphatic heterocycles. The van der Waals surface area contributed by atoms with Crippen LogP contribution in [0.4, 0.5) is 0 Å². The quantitative estimate of drug-likeness (QED) is 0.637. The third-order valence-electron chi connectivity index (χ3n) is 3.17. The second-order valence-electron chi connectivity index (χ2n) is 4.21. The van der Waals surface area contributed by atoms with E-state index in [0.717, 1.165) is 12.3 Å². The average molecular weight is 193 g/mol. The maximum absolute atomic E-state index is 11.5. The van der Waals surface area contributed by atoms with Crippen molar-refractivity contribution in [1.29, 1.82) is 0 Å². The Kier molecular flexibility index (Phi) is 2.40. The zero-order chi connectivity index (χ0) is 10.1. The van der Waals surface area contributed by atoms with E-state index >= 15 is 0 Å². The van der Waals surface area contributed by atoms with E-state index in [2.05, 4.69) is 0 Å². The van der Waals surface area contributed by atoms with E-state index < -0.39 is 0 Å². The van der Waals surface area contributed by atoms with Crippen LogP contribution in [0.1, 0.15) is 32.6 Å². The van der Waals surface area contributed by atoms with Gasteiger partial charge in [0.05, 0.1) is 0 Å². The Morgan fingerprint density at radius 2 is 2.14 bits per heavy atom. The molecule has 0 bridgehead atoms. The zero-order valence-electron chi connectivity index (χ0n) is 8.45. The fourth-order valence-electron chi connectivity index (χ4n) is 1.94. The Bertz CT molecular complexity index is 302. The number of carbonyl (C=O) groups excluding carboxylic acids is 2. The molecule has 1 heterocycles. The SMILES string of the molecule is CC1=CC(=O)N(CCC2CCC2)C1=O. The van der Waals surface area contributed by atoms with Gasteiger partial charge in [-0.05, 0) is 19.3 Å². The molecule has 1 saturated carbocycles. The molecule has 0 aromatic heterocycles. The number of rotatable bonds is 3. The maximum atomic E-state index is 11.5. The Labute approximate surface area is 83.8 Å². The smallest absolute Gasteiger partial charge is 0.256 e. The van der Waals surface area contributed by atoms with Gasteiger partial charge in [-0.1, -0.05) is 19.3 Å². The van der Waals surface area contributed by atoms with Crippen molar-refractivity contribution in [1.82, 2.24) is 4.90 Å². The summed E-state index contributed by atoms with van der Waals surface area (Å²) in [6, 6.07) is 0. The number of hydrogen-bond donors (Lipinski definition) is 0. The Morgan fingerprint density at radius 1 is 1.43 bits per heavy atom. The molecule has 3 heteroatoms. The molecular formula is C11H15NO2. The van der Waals surface area contributed by atoms with Gasteiger partial charge < -0.3 is 0 Å². The first kappa shape index (κ1) is 9.44. The lowest BCUT2D eigenvalue weighted by atomic mass is 9.83. The van der Waals surface area contributed by atoms with E-state index in [1.54, 1.807) is 6.92 Å². The summed E-state index contributed by atoms with van der Waals surface area (Å²) in [6.07, 6.45) is 6.26. The number of amides is 2. The summed E-state index contributed by atoms with van der Waals surface area (Å²) < 4.78 is 0. The van der Waals surface area contributed by atoms with E-state index in [1.807, 2.05) is 0 Å². The van der Waals surface area contributed by atoms with Crippen molar-refractivity contribution >= 4 is 11.8 Å². The van der Waals surface area contributed by atoms with E-state index in [-0.39, 0.29) is 11.8 Å². The summed E-state index contributed by atoms with van der Waals surface area (Å²) in [5.74, 6) is 0.512. The summed E-state index contributed by atoms with van der Waals surface area (Å²) in [4.78, 5) is 24.2. The van der Waals surface area contributed by atoms with Crippen LogP contribution in [-0.4, -0.2) is 23.3 Å². The predicted molar refractivity (Wildman–Crippen MR) is 52.4 cm³/mol. The van der Waals surface area contributed by atoms with E-state index in [4.69, 9.17) is 0 Å². The van der Waals surface area contributed by atoms with E-state index in [0.29, 0.717) is 12.1 Å². The number of imide groups is 1. The van der Waals surface area contributed by atoms with Crippen LogP contribution in [0.25, 0.3) is 0 Å². The molecule has 14 heavy (non-hydrogen) atoms. The molecule has 0 unspecified atom stereocenters.